The Morgan fingerprint density at radius 2 is 2.28 bits per heavy atom. The van der Waals surface area contributed by atoms with Crippen molar-refractivity contribution < 1.29 is 4.92 Å². The molecule has 1 aliphatic rings. The molecule has 2 atom stereocenters. The van der Waals surface area contributed by atoms with Gasteiger partial charge >= 0.3 is 0 Å². The van der Waals surface area contributed by atoms with Crippen LogP contribution in [0.4, 0.5) is 11.4 Å². The molecule has 98 valence electrons. The van der Waals surface area contributed by atoms with E-state index in [9.17, 15) is 10.1 Å². The summed E-state index contributed by atoms with van der Waals surface area (Å²) in [6, 6.07) is 5.50. The number of nitro benzene ring substituents is 1. The predicted molar refractivity (Wildman–Crippen MR) is 79.4 cm³/mol. The lowest BCUT2D eigenvalue weighted by Crippen LogP contribution is -2.16. The molecule has 1 N–H and O–H groups in total. The summed E-state index contributed by atoms with van der Waals surface area (Å²) in [7, 11) is 0. The molecular weight excluding hydrogens is 316 g/mol. The number of hydrogen-bond donors (Lipinski definition) is 1. The third-order valence-corrected chi connectivity index (χ3v) is 4.82. The molecule has 0 aliphatic heterocycles. The molecule has 0 spiro atoms. The van der Waals surface area contributed by atoms with E-state index >= 15 is 0 Å². The van der Waals surface area contributed by atoms with Gasteiger partial charge in [-0.2, -0.15) is 11.8 Å². The Kier molecular flexibility index (Phi) is 4.50. The van der Waals surface area contributed by atoms with Crippen LogP contribution >= 0.6 is 27.7 Å². The van der Waals surface area contributed by atoms with E-state index in [0.29, 0.717) is 17.0 Å². The molecule has 1 aromatic rings. The molecule has 0 aromatic heterocycles. The zero-order chi connectivity index (χ0) is 13.1. The zero-order valence-electron chi connectivity index (χ0n) is 10.1. The molecule has 1 aromatic carbocycles. The number of nitrogens with zero attached hydrogens (tertiary/aromatic N) is 1. The molecule has 0 bridgehead atoms. The molecule has 4 nitrogen and oxygen atoms in total. The van der Waals surface area contributed by atoms with Gasteiger partial charge < -0.3 is 5.32 Å². The van der Waals surface area contributed by atoms with Crippen LogP contribution in [0.5, 0.6) is 0 Å². The second-order valence-corrected chi connectivity index (χ2v) is 6.48. The van der Waals surface area contributed by atoms with E-state index in [4.69, 9.17) is 0 Å². The van der Waals surface area contributed by atoms with Gasteiger partial charge in [0, 0.05) is 21.8 Å². The van der Waals surface area contributed by atoms with E-state index in [1.165, 1.54) is 6.42 Å². The normalized spacial score (nSPS) is 23.0. The predicted octanol–water partition coefficient (Wildman–Crippen LogP) is 4.05. The quantitative estimate of drug-likeness (QED) is 0.668. The summed E-state index contributed by atoms with van der Waals surface area (Å²) in [5.74, 6) is 0. The highest BCUT2D eigenvalue weighted by molar-refractivity contribution is 9.10. The first-order chi connectivity index (χ1) is 8.60. The first-order valence-corrected chi connectivity index (χ1v) is 7.91. The number of benzene rings is 1. The summed E-state index contributed by atoms with van der Waals surface area (Å²) in [5.41, 5.74) is 0.756. The number of halogens is 1. The van der Waals surface area contributed by atoms with E-state index in [1.54, 1.807) is 12.1 Å². The Morgan fingerprint density at radius 3 is 2.89 bits per heavy atom. The topological polar surface area (TPSA) is 55.2 Å². The maximum atomic E-state index is 11.0. The standard InChI is InChI=1S/C12H15BrN2O2S/c1-18-10-4-3-9(7-10)14-11-5-2-8(13)6-12(11)15(16)17/h2,5-6,9-10,14H,3-4,7H2,1H3. The summed E-state index contributed by atoms with van der Waals surface area (Å²) in [5, 5.41) is 15.0. The largest absolute Gasteiger partial charge is 0.377 e. The summed E-state index contributed by atoms with van der Waals surface area (Å²) >= 11 is 5.14. The number of anilines is 1. The minimum Gasteiger partial charge on any atom is -0.377 e. The smallest absolute Gasteiger partial charge is 0.293 e. The van der Waals surface area contributed by atoms with Gasteiger partial charge in [-0.3, -0.25) is 10.1 Å². The molecule has 18 heavy (non-hydrogen) atoms. The molecule has 0 heterocycles. The SMILES string of the molecule is CSC1CCC(Nc2ccc(Br)cc2[N+](=O)[O-])C1. The number of rotatable bonds is 4. The van der Waals surface area contributed by atoms with E-state index in [1.807, 2.05) is 17.8 Å². The van der Waals surface area contributed by atoms with Crippen molar-refractivity contribution in [2.24, 2.45) is 0 Å². The monoisotopic (exact) mass is 330 g/mol. The highest BCUT2D eigenvalue weighted by Crippen LogP contribution is 2.34. The van der Waals surface area contributed by atoms with Crippen molar-refractivity contribution in [3.05, 3.63) is 32.8 Å². The summed E-state index contributed by atoms with van der Waals surface area (Å²) in [4.78, 5) is 10.7. The lowest BCUT2D eigenvalue weighted by Gasteiger charge is -2.14. The first kappa shape index (κ1) is 13.7. The third-order valence-electron chi connectivity index (χ3n) is 3.23. The highest BCUT2D eigenvalue weighted by Gasteiger charge is 2.25. The Morgan fingerprint density at radius 1 is 1.50 bits per heavy atom. The van der Waals surface area contributed by atoms with Crippen LogP contribution in [0.15, 0.2) is 22.7 Å². The number of thioether (sulfide) groups is 1. The molecule has 1 aliphatic carbocycles. The van der Waals surface area contributed by atoms with E-state index < -0.39 is 0 Å². The fourth-order valence-corrected chi connectivity index (χ4v) is 3.43. The van der Waals surface area contributed by atoms with Crippen molar-refractivity contribution in [1.82, 2.24) is 0 Å². The average Bonchev–Trinajstić information content (AvgIpc) is 2.79. The molecule has 2 unspecified atom stereocenters. The molecule has 6 heteroatoms. The van der Waals surface area contributed by atoms with Crippen molar-refractivity contribution >= 4 is 39.1 Å². The fraction of sp³-hybridized carbons (Fsp3) is 0.500. The van der Waals surface area contributed by atoms with Gasteiger partial charge in [-0.05, 0) is 37.7 Å². The van der Waals surface area contributed by atoms with Gasteiger partial charge in [-0.15, -0.1) is 0 Å². The molecule has 2 rings (SSSR count). The highest BCUT2D eigenvalue weighted by atomic mass is 79.9. The Labute approximate surface area is 119 Å². The van der Waals surface area contributed by atoms with Crippen LogP contribution in [0.1, 0.15) is 19.3 Å². The number of hydrogen-bond acceptors (Lipinski definition) is 4. The van der Waals surface area contributed by atoms with Gasteiger partial charge in [0.25, 0.3) is 5.69 Å². The average molecular weight is 331 g/mol. The number of nitrogens with one attached hydrogen (secondary N) is 1. The van der Waals surface area contributed by atoms with Crippen LogP contribution in [-0.4, -0.2) is 22.5 Å². The second kappa shape index (κ2) is 5.93. The molecule has 1 saturated carbocycles. The molecule has 1 fully saturated rings. The molecular formula is C12H15BrN2O2S. The van der Waals surface area contributed by atoms with Gasteiger partial charge in [0.05, 0.1) is 4.92 Å². The Balaban J connectivity index is 2.12. The van der Waals surface area contributed by atoms with Crippen LogP contribution in [0, 0.1) is 10.1 Å². The fourth-order valence-electron chi connectivity index (χ4n) is 2.28. The van der Waals surface area contributed by atoms with Crippen LogP contribution in [0.3, 0.4) is 0 Å². The third kappa shape index (κ3) is 3.17. The van der Waals surface area contributed by atoms with Crippen LogP contribution in [0.25, 0.3) is 0 Å². The molecule has 0 saturated heterocycles. The Bertz CT molecular complexity index is 456. The summed E-state index contributed by atoms with van der Waals surface area (Å²) in [6.45, 7) is 0. The lowest BCUT2D eigenvalue weighted by atomic mass is 10.2. The van der Waals surface area contributed by atoms with Gasteiger partial charge in [0.1, 0.15) is 5.69 Å². The van der Waals surface area contributed by atoms with Crippen LogP contribution in [-0.2, 0) is 0 Å². The van der Waals surface area contributed by atoms with Gasteiger partial charge in [-0.1, -0.05) is 15.9 Å². The van der Waals surface area contributed by atoms with E-state index in [0.717, 1.165) is 17.3 Å². The van der Waals surface area contributed by atoms with Crippen molar-refractivity contribution in [2.45, 2.75) is 30.6 Å². The van der Waals surface area contributed by atoms with E-state index in [2.05, 4.69) is 27.5 Å². The van der Waals surface area contributed by atoms with Crippen molar-refractivity contribution in [1.29, 1.82) is 0 Å². The van der Waals surface area contributed by atoms with E-state index in [-0.39, 0.29) is 10.6 Å². The molecule has 0 amide bonds. The zero-order valence-corrected chi connectivity index (χ0v) is 12.5. The van der Waals surface area contributed by atoms with Gasteiger partial charge in [0.2, 0.25) is 0 Å². The van der Waals surface area contributed by atoms with Gasteiger partial charge in [0.15, 0.2) is 0 Å². The lowest BCUT2D eigenvalue weighted by molar-refractivity contribution is -0.384. The number of nitro groups is 1. The van der Waals surface area contributed by atoms with Crippen molar-refractivity contribution in [2.75, 3.05) is 11.6 Å². The maximum absolute atomic E-state index is 11.0. The minimum absolute atomic E-state index is 0.136. The van der Waals surface area contributed by atoms with Crippen LogP contribution in [0.2, 0.25) is 0 Å². The first-order valence-electron chi connectivity index (χ1n) is 5.83. The van der Waals surface area contributed by atoms with Crippen molar-refractivity contribution in [3.63, 3.8) is 0 Å². The Hall–Kier alpha value is -0.750. The van der Waals surface area contributed by atoms with Crippen molar-refractivity contribution in [3.8, 4) is 0 Å². The van der Waals surface area contributed by atoms with Gasteiger partial charge in [-0.25, -0.2) is 0 Å². The molecule has 0 radical (unpaired) electrons. The maximum Gasteiger partial charge on any atom is 0.293 e. The second-order valence-electron chi connectivity index (χ2n) is 4.43. The summed E-state index contributed by atoms with van der Waals surface area (Å²) in [6.07, 6.45) is 5.46. The van der Waals surface area contributed by atoms with Crippen LogP contribution < -0.4 is 5.32 Å². The minimum atomic E-state index is -0.339. The summed E-state index contributed by atoms with van der Waals surface area (Å²) < 4.78 is 0.730.